The fraction of sp³-hybridized carbons (Fsp3) is 0.138. The predicted molar refractivity (Wildman–Crippen MR) is 139 cm³/mol. The van der Waals surface area contributed by atoms with Crippen molar-refractivity contribution in [3.63, 3.8) is 0 Å². The van der Waals surface area contributed by atoms with Crippen LogP contribution in [0, 0.1) is 0 Å². The summed E-state index contributed by atoms with van der Waals surface area (Å²) >= 11 is 0. The molecule has 184 valence electrons. The summed E-state index contributed by atoms with van der Waals surface area (Å²) in [6.45, 7) is 0.875. The van der Waals surface area contributed by atoms with Gasteiger partial charge in [0.1, 0.15) is 23.0 Å². The van der Waals surface area contributed by atoms with E-state index in [2.05, 4.69) is 0 Å². The summed E-state index contributed by atoms with van der Waals surface area (Å²) < 4.78 is 22.0. The van der Waals surface area contributed by atoms with Gasteiger partial charge in [0, 0.05) is 24.2 Å². The number of benzene rings is 4. The zero-order valence-electron chi connectivity index (χ0n) is 20.2. The Kier molecular flexibility index (Phi) is 7.85. The molecule has 0 amide bonds. The van der Waals surface area contributed by atoms with Crippen molar-refractivity contribution in [3.05, 3.63) is 96.1 Å². The van der Waals surface area contributed by atoms with E-state index in [1.165, 1.54) is 0 Å². The van der Waals surface area contributed by atoms with Gasteiger partial charge < -0.3 is 30.4 Å². The van der Waals surface area contributed by atoms with Crippen LogP contribution < -0.4 is 30.4 Å². The van der Waals surface area contributed by atoms with Crippen molar-refractivity contribution in [2.45, 2.75) is 13.1 Å². The molecule has 0 aliphatic carbocycles. The monoisotopic (exact) mass is 484 g/mol. The van der Waals surface area contributed by atoms with Crippen LogP contribution >= 0.6 is 0 Å². The van der Waals surface area contributed by atoms with Crippen LogP contribution in [0.2, 0.25) is 0 Å². The molecule has 36 heavy (non-hydrogen) atoms. The first-order chi connectivity index (χ1) is 17.5. The molecule has 4 aromatic carbocycles. The number of carbonyl (C=O) groups is 1. The average molecular weight is 485 g/mol. The highest BCUT2D eigenvalue weighted by atomic mass is 16.7. The fourth-order valence-electron chi connectivity index (χ4n) is 3.74. The van der Waals surface area contributed by atoms with Crippen LogP contribution in [-0.2, 0) is 13.1 Å². The van der Waals surface area contributed by atoms with E-state index in [0.717, 1.165) is 22.3 Å². The van der Waals surface area contributed by atoms with Crippen molar-refractivity contribution in [3.8, 4) is 45.3 Å². The Hall–Kier alpha value is -4.33. The molecule has 0 heterocycles. The first-order valence-corrected chi connectivity index (χ1v) is 11.4. The molecule has 0 radical (unpaired) electrons. The number of hydrogen-bond acceptors (Lipinski definition) is 7. The molecule has 7 heteroatoms. The molecule has 0 aliphatic rings. The number of hydrogen-bond donors (Lipinski definition) is 2. The van der Waals surface area contributed by atoms with Gasteiger partial charge in [-0.1, -0.05) is 48.5 Å². The topological polar surface area (TPSA) is 106 Å². The summed E-state index contributed by atoms with van der Waals surface area (Å²) in [7, 11) is 3.16. The van der Waals surface area contributed by atoms with Crippen LogP contribution in [0.25, 0.3) is 22.3 Å². The number of methoxy groups -OCH3 is 2. The van der Waals surface area contributed by atoms with Crippen LogP contribution in [0.1, 0.15) is 11.1 Å². The lowest BCUT2D eigenvalue weighted by molar-refractivity contribution is 0.152. The SMILES string of the molecule is COc1ccc(OC(=O)Oc2ccc(OC)cc2-c2ccc(CN)cc2)c(-c2ccc(CN)cc2)c1. The second kappa shape index (κ2) is 11.4. The zero-order chi connectivity index (χ0) is 25.5. The van der Waals surface area contributed by atoms with Crippen LogP contribution in [0.5, 0.6) is 23.0 Å². The quantitative estimate of drug-likeness (QED) is 0.250. The third-order valence-electron chi connectivity index (χ3n) is 5.76. The molecule has 0 saturated carbocycles. The largest absolute Gasteiger partial charge is 0.519 e. The molecular weight excluding hydrogens is 456 g/mol. The maximum atomic E-state index is 12.9. The van der Waals surface area contributed by atoms with Gasteiger partial charge in [0.15, 0.2) is 0 Å². The van der Waals surface area contributed by atoms with Gasteiger partial charge in [-0.2, -0.15) is 0 Å². The van der Waals surface area contributed by atoms with Gasteiger partial charge in [0.05, 0.1) is 14.2 Å². The van der Waals surface area contributed by atoms with Gasteiger partial charge in [-0.3, -0.25) is 0 Å². The van der Waals surface area contributed by atoms with E-state index in [-0.39, 0.29) is 0 Å². The third kappa shape index (κ3) is 5.66. The number of ether oxygens (including phenoxy) is 4. The Balaban J connectivity index is 1.62. The summed E-state index contributed by atoms with van der Waals surface area (Å²) in [5.74, 6) is 1.94. The van der Waals surface area contributed by atoms with E-state index in [0.29, 0.717) is 47.2 Å². The molecular formula is C29H28N2O5. The van der Waals surface area contributed by atoms with Crippen molar-refractivity contribution in [2.24, 2.45) is 11.5 Å². The second-order valence-electron chi connectivity index (χ2n) is 7.98. The van der Waals surface area contributed by atoms with Crippen molar-refractivity contribution in [1.29, 1.82) is 0 Å². The second-order valence-corrected chi connectivity index (χ2v) is 7.98. The highest BCUT2D eigenvalue weighted by Gasteiger charge is 2.17. The minimum Gasteiger partial charge on any atom is -0.497 e. The number of nitrogens with two attached hydrogens (primary N) is 2. The molecule has 0 atom stereocenters. The Bertz CT molecular complexity index is 1230. The highest BCUT2D eigenvalue weighted by Crippen LogP contribution is 2.36. The van der Waals surface area contributed by atoms with E-state index in [1.807, 2.05) is 48.5 Å². The van der Waals surface area contributed by atoms with Gasteiger partial charge in [0.2, 0.25) is 0 Å². The van der Waals surface area contributed by atoms with Gasteiger partial charge in [-0.25, -0.2) is 4.79 Å². The third-order valence-corrected chi connectivity index (χ3v) is 5.76. The maximum Gasteiger partial charge on any atom is 0.519 e. The Morgan fingerprint density at radius 2 is 1.00 bits per heavy atom. The molecule has 0 spiro atoms. The van der Waals surface area contributed by atoms with Crippen LogP contribution in [0.15, 0.2) is 84.9 Å². The predicted octanol–water partition coefficient (Wildman–Crippen LogP) is 5.53. The number of carbonyl (C=O) groups excluding carboxylic acids is 1. The van der Waals surface area contributed by atoms with Gasteiger partial charge in [-0.15, -0.1) is 0 Å². The molecule has 4 rings (SSSR count). The number of rotatable bonds is 8. The van der Waals surface area contributed by atoms with E-state index < -0.39 is 6.16 Å². The first kappa shape index (κ1) is 24.8. The summed E-state index contributed by atoms with van der Waals surface area (Å²) in [4.78, 5) is 12.9. The van der Waals surface area contributed by atoms with Crippen molar-refractivity contribution in [1.82, 2.24) is 0 Å². The van der Waals surface area contributed by atoms with Crippen LogP contribution in [0.4, 0.5) is 4.79 Å². The van der Waals surface area contributed by atoms with Crippen LogP contribution in [0.3, 0.4) is 0 Å². The molecule has 0 bridgehead atoms. The summed E-state index contributed by atoms with van der Waals surface area (Å²) in [5.41, 5.74) is 16.5. The molecule has 0 aliphatic heterocycles. The van der Waals surface area contributed by atoms with Gasteiger partial charge in [0.25, 0.3) is 0 Å². The Labute approximate surface area is 210 Å². The van der Waals surface area contributed by atoms with E-state index in [1.54, 1.807) is 50.6 Å². The van der Waals surface area contributed by atoms with Crippen LogP contribution in [-0.4, -0.2) is 20.4 Å². The molecule has 4 aromatic rings. The molecule has 7 nitrogen and oxygen atoms in total. The van der Waals surface area contributed by atoms with E-state index in [4.69, 9.17) is 30.4 Å². The Morgan fingerprint density at radius 1 is 0.611 bits per heavy atom. The van der Waals surface area contributed by atoms with Crippen molar-refractivity contribution < 1.29 is 23.7 Å². The van der Waals surface area contributed by atoms with E-state index in [9.17, 15) is 4.79 Å². The summed E-state index contributed by atoms with van der Waals surface area (Å²) in [6.07, 6.45) is -0.870. The highest BCUT2D eigenvalue weighted by molar-refractivity contribution is 5.79. The maximum absolute atomic E-state index is 12.9. The summed E-state index contributed by atoms with van der Waals surface area (Å²) in [5, 5.41) is 0. The molecule has 0 unspecified atom stereocenters. The van der Waals surface area contributed by atoms with Gasteiger partial charge in [-0.05, 0) is 58.7 Å². The lowest BCUT2D eigenvalue weighted by Crippen LogP contribution is -2.15. The smallest absolute Gasteiger partial charge is 0.497 e. The first-order valence-electron chi connectivity index (χ1n) is 11.4. The minimum absolute atomic E-state index is 0.337. The normalized spacial score (nSPS) is 10.6. The fourth-order valence-corrected chi connectivity index (χ4v) is 3.74. The molecule has 0 saturated heterocycles. The lowest BCUT2D eigenvalue weighted by Gasteiger charge is -2.15. The molecule has 4 N–H and O–H groups in total. The van der Waals surface area contributed by atoms with Crippen molar-refractivity contribution in [2.75, 3.05) is 14.2 Å². The van der Waals surface area contributed by atoms with Gasteiger partial charge >= 0.3 is 6.16 Å². The molecule has 0 fully saturated rings. The minimum atomic E-state index is -0.870. The van der Waals surface area contributed by atoms with E-state index >= 15 is 0 Å². The van der Waals surface area contributed by atoms with Crippen molar-refractivity contribution >= 4 is 6.16 Å². The average Bonchev–Trinajstić information content (AvgIpc) is 2.93. The lowest BCUT2D eigenvalue weighted by atomic mass is 10.0. The zero-order valence-corrected chi connectivity index (χ0v) is 20.2. The Morgan fingerprint density at radius 3 is 1.33 bits per heavy atom. The molecule has 0 aromatic heterocycles. The standard InChI is InChI=1S/C29H28N2O5/c1-33-23-11-13-27(25(15-23)21-7-3-19(17-30)4-8-21)35-29(32)36-28-14-12-24(34-2)16-26(28)22-9-5-20(18-31)6-10-22/h3-16H,17-18,30-31H2,1-2H3. The summed E-state index contributed by atoms with van der Waals surface area (Å²) in [6, 6.07) is 25.8.